The van der Waals surface area contributed by atoms with Crippen LogP contribution in [0.15, 0.2) is 188 Å². The van der Waals surface area contributed by atoms with Gasteiger partial charge in [-0.25, -0.2) is 9.97 Å². The zero-order valence-electron chi connectivity index (χ0n) is 29.3. The largest absolute Gasteiger partial charge is 0.485 e. The predicted octanol–water partition coefficient (Wildman–Crippen LogP) is 12.4. The molecule has 2 aromatic heterocycles. The number of aromatic nitrogens is 3. The quantitative estimate of drug-likeness (QED) is 0.185. The summed E-state index contributed by atoms with van der Waals surface area (Å²) in [5, 5.41) is 2.42. The van der Waals surface area contributed by atoms with E-state index in [1.54, 1.807) is 0 Å². The lowest BCUT2D eigenvalue weighted by molar-refractivity contribution is 0.233. The summed E-state index contributed by atoms with van der Waals surface area (Å²) in [6.45, 7) is 0. The molecule has 1 aliphatic heterocycles. The summed E-state index contributed by atoms with van der Waals surface area (Å²) in [6.07, 6.45) is 8.59. The third kappa shape index (κ3) is 4.84. The molecule has 7 aromatic carbocycles. The monoisotopic (exact) mass is 691 g/mol. The van der Waals surface area contributed by atoms with Crippen LogP contribution in [0.1, 0.15) is 11.5 Å². The molecular formula is C50H33N3O. The van der Waals surface area contributed by atoms with Crippen molar-refractivity contribution in [3.63, 3.8) is 0 Å². The van der Waals surface area contributed by atoms with E-state index in [4.69, 9.17) is 14.7 Å². The van der Waals surface area contributed by atoms with Crippen LogP contribution in [0, 0.1) is 0 Å². The van der Waals surface area contributed by atoms with Crippen LogP contribution in [0.3, 0.4) is 0 Å². The third-order valence-electron chi connectivity index (χ3n) is 10.9. The van der Waals surface area contributed by atoms with Crippen LogP contribution in [-0.2, 0) is 0 Å². The lowest BCUT2D eigenvalue weighted by Crippen LogP contribution is -2.24. The zero-order valence-corrected chi connectivity index (χ0v) is 29.3. The average Bonchev–Trinajstić information content (AvgIpc) is 3.58. The number of benzene rings is 7. The molecule has 3 heterocycles. The Hall–Kier alpha value is -7.04. The molecule has 4 nitrogen and oxygen atoms in total. The highest BCUT2D eigenvalue weighted by Gasteiger charge is 2.30. The van der Waals surface area contributed by atoms with Gasteiger partial charge in [0.2, 0.25) is 0 Å². The van der Waals surface area contributed by atoms with E-state index in [-0.39, 0.29) is 12.0 Å². The Balaban J connectivity index is 1.17. The van der Waals surface area contributed by atoms with Crippen molar-refractivity contribution >= 4 is 32.8 Å². The second kappa shape index (κ2) is 12.3. The molecule has 0 saturated heterocycles. The summed E-state index contributed by atoms with van der Waals surface area (Å²) in [6, 6.07) is 58.0. The number of fused-ring (bicyclic) bond motifs is 11. The minimum atomic E-state index is -0.161. The van der Waals surface area contributed by atoms with Gasteiger partial charge in [0.15, 0.2) is 0 Å². The van der Waals surface area contributed by atoms with E-state index in [2.05, 4.69) is 162 Å². The first kappa shape index (κ1) is 30.6. The number of para-hydroxylation sites is 4. The Kier molecular flexibility index (Phi) is 6.96. The molecule has 11 rings (SSSR count). The fraction of sp³-hybridized carbons (Fsp3) is 0.0400. The van der Waals surface area contributed by atoms with Gasteiger partial charge in [0.1, 0.15) is 11.9 Å². The minimum Gasteiger partial charge on any atom is -0.485 e. The highest BCUT2D eigenvalue weighted by Crippen LogP contribution is 2.47. The van der Waals surface area contributed by atoms with Gasteiger partial charge in [-0.15, -0.1) is 0 Å². The minimum absolute atomic E-state index is 0.00714. The van der Waals surface area contributed by atoms with Crippen LogP contribution >= 0.6 is 0 Å². The highest BCUT2D eigenvalue weighted by atomic mass is 16.5. The zero-order chi connectivity index (χ0) is 35.6. The van der Waals surface area contributed by atoms with Crippen molar-refractivity contribution in [2.45, 2.75) is 12.0 Å². The van der Waals surface area contributed by atoms with Gasteiger partial charge in [-0.3, -0.25) is 0 Å². The molecule has 0 amide bonds. The van der Waals surface area contributed by atoms with E-state index < -0.39 is 0 Å². The molecule has 54 heavy (non-hydrogen) atoms. The lowest BCUT2D eigenvalue weighted by Gasteiger charge is -2.27. The molecule has 2 unspecified atom stereocenters. The highest BCUT2D eigenvalue weighted by molar-refractivity contribution is 6.11. The fourth-order valence-electron chi connectivity index (χ4n) is 8.48. The number of ether oxygens (including phenoxy) is 1. The number of hydrogen-bond donors (Lipinski definition) is 0. The van der Waals surface area contributed by atoms with Crippen molar-refractivity contribution in [1.29, 1.82) is 0 Å². The van der Waals surface area contributed by atoms with Gasteiger partial charge in [-0.05, 0) is 76.9 Å². The molecule has 0 saturated carbocycles. The Morgan fingerprint density at radius 3 is 1.94 bits per heavy atom. The van der Waals surface area contributed by atoms with Crippen molar-refractivity contribution in [3.8, 4) is 56.2 Å². The van der Waals surface area contributed by atoms with E-state index in [1.165, 1.54) is 33.0 Å². The number of hydrogen-bond acceptors (Lipinski definition) is 3. The van der Waals surface area contributed by atoms with Crippen LogP contribution in [0.4, 0.5) is 0 Å². The summed E-state index contributed by atoms with van der Waals surface area (Å²) in [4.78, 5) is 10.4. The molecule has 9 aromatic rings. The van der Waals surface area contributed by atoms with Gasteiger partial charge in [0.25, 0.3) is 0 Å². The molecule has 0 N–H and O–H groups in total. The summed E-state index contributed by atoms with van der Waals surface area (Å²) < 4.78 is 9.32. The third-order valence-corrected chi connectivity index (χ3v) is 10.9. The van der Waals surface area contributed by atoms with Crippen LogP contribution < -0.4 is 4.74 Å². The second-order valence-electron chi connectivity index (χ2n) is 14.1. The molecule has 0 radical (unpaired) electrons. The number of rotatable bonds is 3. The second-order valence-corrected chi connectivity index (χ2v) is 14.1. The first-order chi connectivity index (χ1) is 26.8. The normalized spacial score (nSPS) is 15.8. The van der Waals surface area contributed by atoms with E-state index >= 15 is 0 Å². The predicted molar refractivity (Wildman–Crippen MR) is 221 cm³/mol. The molecule has 0 spiro atoms. The van der Waals surface area contributed by atoms with Crippen LogP contribution in [0.25, 0.3) is 83.3 Å². The standard InChI is InChI=1S/C50H33N3O/c1-2-15-32(16-3-1)49-50(52-44-25-10-9-24-43(44)51-49)33-17-14-18-34(29-33)53-45-26-11-6-21-37(45)42-30-40-36-20-5-4-19-35(36)38-22-7-12-27-47(38)54-48-28-13-8-23-39(48)41(40)31-46(42)53/h1-31,39,48H. The van der Waals surface area contributed by atoms with E-state index in [0.29, 0.717) is 0 Å². The molecule has 1 aliphatic carbocycles. The van der Waals surface area contributed by atoms with Gasteiger partial charge < -0.3 is 9.30 Å². The van der Waals surface area contributed by atoms with Crippen molar-refractivity contribution in [3.05, 3.63) is 194 Å². The molecule has 0 fully saturated rings. The van der Waals surface area contributed by atoms with Gasteiger partial charge >= 0.3 is 0 Å². The first-order valence-electron chi connectivity index (χ1n) is 18.5. The first-order valence-corrected chi connectivity index (χ1v) is 18.5. The molecule has 2 aliphatic rings. The van der Waals surface area contributed by atoms with Crippen LogP contribution in [0.5, 0.6) is 5.75 Å². The molecular weight excluding hydrogens is 659 g/mol. The summed E-state index contributed by atoms with van der Waals surface area (Å²) in [5.41, 5.74) is 14.8. The maximum absolute atomic E-state index is 6.91. The smallest absolute Gasteiger partial charge is 0.128 e. The van der Waals surface area contributed by atoms with Gasteiger partial charge in [0.05, 0.1) is 33.5 Å². The Bertz CT molecular complexity index is 2990. The van der Waals surface area contributed by atoms with E-state index in [9.17, 15) is 0 Å². The average molecular weight is 692 g/mol. The fourth-order valence-corrected chi connectivity index (χ4v) is 8.48. The molecule has 254 valence electrons. The molecule has 0 bridgehead atoms. The van der Waals surface area contributed by atoms with Crippen molar-refractivity contribution < 1.29 is 4.74 Å². The summed E-state index contributed by atoms with van der Waals surface area (Å²) >= 11 is 0. The Morgan fingerprint density at radius 1 is 0.463 bits per heavy atom. The van der Waals surface area contributed by atoms with Gasteiger partial charge in [-0.1, -0.05) is 133 Å². The maximum Gasteiger partial charge on any atom is 0.128 e. The lowest BCUT2D eigenvalue weighted by atomic mass is 9.83. The van der Waals surface area contributed by atoms with Crippen molar-refractivity contribution in [1.82, 2.24) is 14.5 Å². The van der Waals surface area contributed by atoms with Gasteiger partial charge in [-0.2, -0.15) is 0 Å². The van der Waals surface area contributed by atoms with Gasteiger partial charge in [0, 0.05) is 39.1 Å². The number of nitrogens with zero attached hydrogens (tertiary/aromatic N) is 3. The van der Waals surface area contributed by atoms with Crippen LogP contribution in [-0.4, -0.2) is 20.6 Å². The van der Waals surface area contributed by atoms with Crippen molar-refractivity contribution in [2.24, 2.45) is 0 Å². The summed E-state index contributed by atoms with van der Waals surface area (Å²) in [7, 11) is 0. The van der Waals surface area contributed by atoms with E-state index in [1.807, 2.05) is 30.3 Å². The van der Waals surface area contributed by atoms with E-state index in [0.717, 1.165) is 61.6 Å². The summed E-state index contributed by atoms with van der Waals surface area (Å²) in [5.74, 6) is 0.906. The maximum atomic E-state index is 6.91. The number of allylic oxidation sites excluding steroid dienone is 2. The molecule has 2 atom stereocenters. The van der Waals surface area contributed by atoms with Crippen LogP contribution in [0.2, 0.25) is 0 Å². The topological polar surface area (TPSA) is 39.9 Å². The SMILES string of the molecule is C1=CC2Oc3ccccc3-c3ccccc3-c3cc4c5ccccc5n(-c5cccc(-c6nc7ccccc7nc6-c6ccccc6)c5)c4cc3C2C=C1. The Morgan fingerprint density at radius 2 is 1.11 bits per heavy atom. The Labute approximate surface area is 313 Å². The molecule has 4 heteroatoms. The van der Waals surface area contributed by atoms with Crippen molar-refractivity contribution in [2.75, 3.05) is 0 Å².